The van der Waals surface area contributed by atoms with Gasteiger partial charge in [0.1, 0.15) is 11.7 Å². The Labute approximate surface area is 54.0 Å². The number of carbonyl (C=O) groups is 2. The van der Waals surface area contributed by atoms with Gasteiger partial charge in [-0.3, -0.25) is 9.59 Å². The van der Waals surface area contributed by atoms with E-state index >= 15 is 0 Å². The normalized spacial score (nSPS) is 12.3. The van der Waals surface area contributed by atoms with Crippen molar-refractivity contribution in [1.82, 2.24) is 0 Å². The van der Waals surface area contributed by atoms with Gasteiger partial charge in [0.15, 0.2) is 0 Å². The Balaban J connectivity index is 3.88. The van der Waals surface area contributed by atoms with Crippen LogP contribution in [0.2, 0.25) is 0 Å². The average Bonchev–Trinajstić information content (AvgIpc) is 1.84. The van der Waals surface area contributed by atoms with Gasteiger partial charge in [-0.25, -0.2) is 0 Å². The standard InChI is InChI=1S/C6H9O3/c1-4(5(2)7)6(8)9-3/h4H,1H2,2-3H3. The maximum absolute atomic E-state index is 10.4. The van der Waals surface area contributed by atoms with E-state index in [0.717, 1.165) is 0 Å². The summed E-state index contributed by atoms with van der Waals surface area (Å²) in [4.78, 5) is 20.8. The van der Waals surface area contributed by atoms with Gasteiger partial charge in [-0.15, -0.1) is 0 Å². The van der Waals surface area contributed by atoms with Gasteiger partial charge in [-0.2, -0.15) is 0 Å². The second-order valence-electron chi connectivity index (χ2n) is 1.69. The van der Waals surface area contributed by atoms with Crippen LogP contribution in [0.4, 0.5) is 0 Å². The number of ketones is 1. The molecule has 0 saturated heterocycles. The summed E-state index contributed by atoms with van der Waals surface area (Å²) in [5, 5.41) is 0. The van der Waals surface area contributed by atoms with E-state index < -0.39 is 11.9 Å². The van der Waals surface area contributed by atoms with Crippen molar-refractivity contribution in [2.24, 2.45) is 5.92 Å². The van der Waals surface area contributed by atoms with Crippen LogP contribution in [0.15, 0.2) is 0 Å². The van der Waals surface area contributed by atoms with Crippen LogP contribution in [-0.4, -0.2) is 18.9 Å². The number of hydrogen-bond donors (Lipinski definition) is 0. The Morgan fingerprint density at radius 3 is 2.11 bits per heavy atom. The van der Waals surface area contributed by atoms with Crippen LogP contribution in [0.5, 0.6) is 0 Å². The minimum Gasteiger partial charge on any atom is -0.468 e. The first-order valence-electron chi connectivity index (χ1n) is 2.51. The monoisotopic (exact) mass is 129 g/mol. The fourth-order valence-electron chi connectivity index (χ4n) is 0.308. The molecule has 1 unspecified atom stereocenters. The van der Waals surface area contributed by atoms with Crippen LogP contribution in [0.25, 0.3) is 0 Å². The van der Waals surface area contributed by atoms with Crippen LogP contribution in [0.1, 0.15) is 6.92 Å². The van der Waals surface area contributed by atoms with Crippen molar-refractivity contribution < 1.29 is 14.3 Å². The first-order valence-corrected chi connectivity index (χ1v) is 2.51. The number of Topliss-reactive ketones (excluding diaryl/α,β-unsaturated/α-hetero) is 1. The molecule has 0 aliphatic heterocycles. The van der Waals surface area contributed by atoms with Gasteiger partial charge in [0.25, 0.3) is 0 Å². The number of esters is 1. The highest BCUT2D eigenvalue weighted by molar-refractivity contribution is 5.98. The van der Waals surface area contributed by atoms with Crippen LogP contribution in [-0.2, 0) is 14.3 Å². The molecule has 0 aliphatic carbocycles. The molecule has 0 spiro atoms. The van der Waals surface area contributed by atoms with Crippen molar-refractivity contribution in [1.29, 1.82) is 0 Å². The molecule has 0 bridgehead atoms. The fourth-order valence-corrected chi connectivity index (χ4v) is 0.308. The lowest BCUT2D eigenvalue weighted by molar-refractivity contribution is -0.146. The lowest BCUT2D eigenvalue weighted by Crippen LogP contribution is -2.19. The van der Waals surface area contributed by atoms with E-state index in [1.54, 1.807) is 0 Å². The molecule has 3 heteroatoms. The summed E-state index contributed by atoms with van der Waals surface area (Å²) in [5.41, 5.74) is 0. The number of ether oxygens (including phenoxy) is 1. The minimum absolute atomic E-state index is 0.276. The van der Waals surface area contributed by atoms with Crippen LogP contribution >= 0.6 is 0 Å². The predicted molar refractivity (Wildman–Crippen MR) is 31.5 cm³/mol. The van der Waals surface area contributed by atoms with E-state index in [4.69, 9.17) is 0 Å². The van der Waals surface area contributed by atoms with Gasteiger partial charge in [-0.05, 0) is 13.8 Å². The molecule has 0 aliphatic rings. The highest BCUT2D eigenvalue weighted by atomic mass is 16.5. The molecule has 1 radical (unpaired) electrons. The van der Waals surface area contributed by atoms with E-state index in [1.165, 1.54) is 14.0 Å². The van der Waals surface area contributed by atoms with E-state index in [9.17, 15) is 9.59 Å². The van der Waals surface area contributed by atoms with Crippen molar-refractivity contribution in [3.8, 4) is 0 Å². The second-order valence-corrected chi connectivity index (χ2v) is 1.69. The van der Waals surface area contributed by atoms with Crippen LogP contribution in [0, 0.1) is 12.8 Å². The average molecular weight is 129 g/mol. The Hall–Kier alpha value is -0.860. The van der Waals surface area contributed by atoms with Gasteiger partial charge in [0.2, 0.25) is 0 Å². The van der Waals surface area contributed by atoms with Gasteiger partial charge in [0.05, 0.1) is 7.11 Å². The zero-order valence-corrected chi connectivity index (χ0v) is 5.51. The molecular weight excluding hydrogens is 120 g/mol. The molecule has 0 fully saturated rings. The highest BCUT2D eigenvalue weighted by Gasteiger charge is 2.17. The maximum Gasteiger partial charge on any atom is 0.316 e. The first-order chi connectivity index (χ1) is 4.09. The molecule has 0 aromatic carbocycles. The van der Waals surface area contributed by atoms with Gasteiger partial charge < -0.3 is 4.74 Å². The minimum atomic E-state index is -0.866. The van der Waals surface area contributed by atoms with Crippen molar-refractivity contribution in [2.75, 3.05) is 7.11 Å². The molecule has 51 valence electrons. The van der Waals surface area contributed by atoms with Gasteiger partial charge in [-0.1, -0.05) is 0 Å². The molecule has 0 aromatic rings. The molecule has 0 N–H and O–H groups in total. The zero-order valence-electron chi connectivity index (χ0n) is 5.51. The van der Waals surface area contributed by atoms with Crippen molar-refractivity contribution in [3.63, 3.8) is 0 Å². The summed E-state index contributed by atoms with van der Waals surface area (Å²) in [5.74, 6) is -1.72. The molecule has 0 saturated carbocycles. The van der Waals surface area contributed by atoms with Gasteiger partial charge in [0, 0.05) is 0 Å². The Bertz CT molecular complexity index is 128. The second kappa shape index (κ2) is 3.22. The topological polar surface area (TPSA) is 43.4 Å². The fraction of sp³-hybridized carbons (Fsp3) is 0.500. The molecule has 0 heterocycles. The third kappa shape index (κ3) is 2.26. The lowest BCUT2D eigenvalue weighted by Gasteiger charge is -2.01. The summed E-state index contributed by atoms with van der Waals surface area (Å²) in [7, 11) is 1.23. The Kier molecular flexibility index (Phi) is 2.91. The first kappa shape index (κ1) is 8.14. The predicted octanol–water partition coefficient (Wildman–Crippen LogP) is 0.199. The number of hydrogen-bond acceptors (Lipinski definition) is 3. The third-order valence-electron chi connectivity index (χ3n) is 0.976. The van der Waals surface area contributed by atoms with E-state index in [0.29, 0.717) is 0 Å². The van der Waals surface area contributed by atoms with Crippen LogP contribution < -0.4 is 0 Å². The third-order valence-corrected chi connectivity index (χ3v) is 0.976. The van der Waals surface area contributed by atoms with Crippen molar-refractivity contribution in [3.05, 3.63) is 6.92 Å². The smallest absolute Gasteiger partial charge is 0.316 e. The number of carbonyl (C=O) groups excluding carboxylic acids is 2. The molecule has 0 amide bonds. The number of rotatable bonds is 2. The molecule has 0 aromatic heterocycles. The summed E-state index contributed by atoms with van der Waals surface area (Å²) < 4.78 is 4.25. The van der Waals surface area contributed by atoms with E-state index in [2.05, 4.69) is 11.7 Å². The number of methoxy groups -OCH3 is 1. The van der Waals surface area contributed by atoms with Gasteiger partial charge >= 0.3 is 5.97 Å². The maximum atomic E-state index is 10.4. The van der Waals surface area contributed by atoms with Crippen LogP contribution in [0.3, 0.4) is 0 Å². The molecule has 3 nitrogen and oxygen atoms in total. The van der Waals surface area contributed by atoms with Crippen molar-refractivity contribution in [2.45, 2.75) is 6.92 Å². The summed E-state index contributed by atoms with van der Waals surface area (Å²) >= 11 is 0. The molecule has 9 heavy (non-hydrogen) atoms. The lowest BCUT2D eigenvalue weighted by atomic mass is 10.1. The summed E-state index contributed by atoms with van der Waals surface area (Å²) in [6.45, 7) is 4.58. The Morgan fingerprint density at radius 1 is 1.56 bits per heavy atom. The van der Waals surface area contributed by atoms with Crippen molar-refractivity contribution >= 4 is 11.8 Å². The largest absolute Gasteiger partial charge is 0.468 e. The summed E-state index contributed by atoms with van der Waals surface area (Å²) in [6.07, 6.45) is 0. The Morgan fingerprint density at radius 2 is 2.00 bits per heavy atom. The van der Waals surface area contributed by atoms with E-state index in [-0.39, 0.29) is 5.78 Å². The SMILES string of the molecule is [CH2]C(C(C)=O)C(=O)OC. The molecule has 0 rings (SSSR count). The highest BCUT2D eigenvalue weighted by Crippen LogP contribution is 1.96. The molecular formula is C6H9O3. The molecule has 1 atom stereocenters. The quantitative estimate of drug-likeness (QED) is 0.395. The zero-order chi connectivity index (χ0) is 7.44. The summed E-state index contributed by atoms with van der Waals surface area (Å²) in [6, 6.07) is 0. The van der Waals surface area contributed by atoms with E-state index in [1.807, 2.05) is 0 Å².